The molecular weight excluding hydrogens is 307 g/mol. The van der Waals surface area contributed by atoms with Gasteiger partial charge in [-0.25, -0.2) is 4.39 Å². The second-order valence-electron chi connectivity index (χ2n) is 4.14. The van der Waals surface area contributed by atoms with Crippen LogP contribution in [-0.4, -0.2) is 4.98 Å². The van der Waals surface area contributed by atoms with E-state index in [1.807, 2.05) is 36.4 Å². The molecule has 94 valence electrons. The lowest BCUT2D eigenvalue weighted by Crippen LogP contribution is -1.93. The molecular formula is C15H10BrFN2. The number of fused-ring (bicyclic) bond motifs is 1. The standard InChI is InChI=1S/C15H10BrFN2/c16-12-5-1-2-7-14(12)19-11-8-10-4-3-6-13(17)15(10)18-9-11/h1-9,19H. The molecule has 3 rings (SSSR count). The van der Waals surface area contributed by atoms with Gasteiger partial charge in [0, 0.05) is 9.86 Å². The zero-order valence-electron chi connectivity index (χ0n) is 9.90. The number of anilines is 2. The topological polar surface area (TPSA) is 24.9 Å². The maximum Gasteiger partial charge on any atom is 0.149 e. The first-order chi connectivity index (χ1) is 9.24. The van der Waals surface area contributed by atoms with Gasteiger partial charge >= 0.3 is 0 Å². The number of hydrogen-bond donors (Lipinski definition) is 1. The fourth-order valence-corrected chi connectivity index (χ4v) is 2.29. The van der Waals surface area contributed by atoms with Gasteiger partial charge in [-0.3, -0.25) is 4.98 Å². The number of rotatable bonds is 2. The Morgan fingerprint density at radius 1 is 1.05 bits per heavy atom. The summed E-state index contributed by atoms with van der Waals surface area (Å²) in [6, 6.07) is 14.6. The zero-order valence-corrected chi connectivity index (χ0v) is 11.5. The number of benzene rings is 2. The minimum Gasteiger partial charge on any atom is -0.353 e. The molecule has 0 bridgehead atoms. The summed E-state index contributed by atoms with van der Waals surface area (Å²) in [6.07, 6.45) is 1.63. The van der Waals surface area contributed by atoms with Gasteiger partial charge in [-0.1, -0.05) is 24.3 Å². The number of hydrogen-bond acceptors (Lipinski definition) is 2. The molecule has 0 saturated heterocycles. The van der Waals surface area contributed by atoms with Crippen molar-refractivity contribution in [3.63, 3.8) is 0 Å². The molecule has 3 aromatic rings. The Balaban J connectivity index is 2.01. The van der Waals surface area contributed by atoms with Crippen LogP contribution in [0.5, 0.6) is 0 Å². The lowest BCUT2D eigenvalue weighted by molar-refractivity contribution is 0.637. The SMILES string of the molecule is Fc1cccc2cc(Nc3ccccc3Br)cnc12. The largest absolute Gasteiger partial charge is 0.353 e. The van der Waals surface area contributed by atoms with Gasteiger partial charge in [0.05, 0.1) is 17.6 Å². The van der Waals surface area contributed by atoms with Crippen LogP contribution >= 0.6 is 15.9 Å². The third-order valence-corrected chi connectivity index (χ3v) is 3.51. The van der Waals surface area contributed by atoms with Crippen molar-refractivity contribution >= 4 is 38.2 Å². The fraction of sp³-hybridized carbons (Fsp3) is 0. The molecule has 0 saturated carbocycles. The van der Waals surface area contributed by atoms with E-state index in [9.17, 15) is 4.39 Å². The van der Waals surface area contributed by atoms with E-state index in [1.165, 1.54) is 6.07 Å². The molecule has 0 atom stereocenters. The highest BCUT2D eigenvalue weighted by molar-refractivity contribution is 9.10. The summed E-state index contributed by atoms with van der Waals surface area (Å²) < 4.78 is 14.5. The third-order valence-electron chi connectivity index (χ3n) is 2.81. The molecule has 2 nitrogen and oxygen atoms in total. The van der Waals surface area contributed by atoms with Crippen molar-refractivity contribution in [3.05, 3.63) is 65.0 Å². The fourth-order valence-electron chi connectivity index (χ4n) is 1.91. The van der Waals surface area contributed by atoms with Crippen molar-refractivity contribution in [2.75, 3.05) is 5.32 Å². The normalized spacial score (nSPS) is 10.6. The molecule has 1 N–H and O–H groups in total. The highest BCUT2D eigenvalue weighted by Crippen LogP contribution is 2.26. The van der Waals surface area contributed by atoms with Gasteiger partial charge in [-0.05, 0) is 40.2 Å². The van der Waals surface area contributed by atoms with Gasteiger partial charge in [0.25, 0.3) is 0 Å². The lowest BCUT2D eigenvalue weighted by Gasteiger charge is -2.09. The minimum absolute atomic E-state index is 0.301. The van der Waals surface area contributed by atoms with E-state index in [4.69, 9.17) is 0 Å². The molecule has 0 aliphatic heterocycles. The minimum atomic E-state index is -0.301. The predicted octanol–water partition coefficient (Wildman–Crippen LogP) is 4.88. The Kier molecular flexibility index (Phi) is 3.17. The number of para-hydroxylation sites is 2. The first kappa shape index (κ1) is 12.1. The highest BCUT2D eigenvalue weighted by atomic mass is 79.9. The molecule has 0 fully saturated rings. The van der Waals surface area contributed by atoms with Crippen LogP contribution in [0.15, 0.2) is 59.2 Å². The molecule has 0 aliphatic rings. The summed E-state index contributed by atoms with van der Waals surface area (Å²) in [5.41, 5.74) is 2.16. The maximum absolute atomic E-state index is 13.5. The van der Waals surface area contributed by atoms with E-state index >= 15 is 0 Å². The Hall–Kier alpha value is -1.94. The molecule has 0 spiro atoms. The lowest BCUT2D eigenvalue weighted by atomic mass is 10.2. The monoisotopic (exact) mass is 316 g/mol. The second-order valence-corrected chi connectivity index (χ2v) is 4.99. The van der Waals surface area contributed by atoms with E-state index in [0.717, 1.165) is 21.2 Å². The number of nitrogens with zero attached hydrogens (tertiary/aromatic N) is 1. The second kappa shape index (κ2) is 4.97. The molecule has 0 amide bonds. The smallest absolute Gasteiger partial charge is 0.149 e. The first-order valence-electron chi connectivity index (χ1n) is 5.80. The number of pyridine rings is 1. The molecule has 4 heteroatoms. The third kappa shape index (κ3) is 2.44. The molecule has 0 aliphatic carbocycles. The van der Waals surface area contributed by atoms with Crippen LogP contribution < -0.4 is 5.32 Å². The average molecular weight is 317 g/mol. The number of nitrogens with one attached hydrogen (secondary N) is 1. The van der Waals surface area contributed by atoms with E-state index in [1.54, 1.807) is 12.3 Å². The van der Waals surface area contributed by atoms with Gasteiger partial charge in [-0.15, -0.1) is 0 Å². The van der Waals surface area contributed by atoms with Crippen molar-refractivity contribution in [2.45, 2.75) is 0 Å². The van der Waals surface area contributed by atoms with E-state index < -0.39 is 0 Å². The molecule has 1 aromatic heterocycles. The summed E-state index contributed by atoms with van der Waals surface area (Å²) >= 11 is 3.47. The van der Waals surface area contributed by atoms with Gasteiger partial charge in [0.2, 0.25) is 0 Å². The summed E-state index contributed by atoms with van der Waals surface area (Å²) in [4.78, 5) is 4.15. The van der Waals surface area contributed by atoms with Crippen LogP contribution in [0.1, 0.15) is 0 Å². The zero-order chi connectivity index (χ0) is 13.2. The van der Waals surface area contributed by atoms with E-state index in [-0.39, 0.29) is 5.82 Å². The van der Waals surface area contributed by atoms with Crippen LogP contribution in [0.25, 0.3) is 10.9 Å². The maximum atomic E-state index is 13.5. The Bertz CT molecular complexity index is 743. The molecule has 2 aromatic carbocycles. The van der Waals surface area contributed by atoms with Crippen molar-refractivity contribution in [1.82, 2.24) is 4.98 Å². The average Bonchev–Trinajstić information content (AvgIpc) is 2.42. The summed E-state index contributed by atoms with van der Waals surface area (Å²) in [6.45, 7) is 0. The summed E-state index contributed by atoms with van der Waals surface area (Å²) in [5, 5.41) is 4.03. The van der Waals surface area contributed by atoms with Crippen LogP contribution in [0.3, 0.4) is 0 Å². The quantitative estimate of drug-likeness (QED) is 0.728. The van der Waals surface area contributed by atoms with Crippen LogP contribution in [0, 0.1) is 5.82 Å². The molecule has 0 radical (unpaired) electrons. The van der Waals surface area contributed by atoms with Gasteiger partial charge in [0.15, 0.2) is 0 Å². The molecule has 19 heavy (non-hydrogen) atoms. The highest BCUT2D eigenvalue weighted by Gasteiger charge is 2.04. The molecule has 0 unspecified atom stereocenters. The summed E-state index contributed by atoms with van der Waals surface area (Å²) in [7, 11) is 0. The van der Waals surface area contributed by atoms with Gasteiger partial charge in [0.1, 0.15) is 11.3 Å². The number of halogens is 2. The van der Waals surface area contributed by atoms with Crippen molar-refractivity contribution in [2.24, 2.45) is 0 Å². The number of aromatic nitrogens is 1. The van der Waals surface area contributed by atoms with Crippen molar-refractivity contribution in [1.29, 1.82) is 0 Å². The van der Waals surface area contributed by atoms with E-state index in [0.29, 0.717) is 5.52 Å². The van der Waals surface area contributed by atoms with Gasteiger partial charge in [-0.2, -0.15) is 0 Å². The van der Waals surface area contributed by atoms with Gasteiger partial charge < -0.3 is 5.32 Å². The Morgan fingerprint density at radius 3 is 2.74 bits per heavy atom. The van der Waals surface area contributed by atoms with E-state index in [2.05, 4.69) is 26.2 Å². The first-order valence-corrected chi connectivity index (χ1v) is 6.59. The van der Waals surface area contributed by atoms with Crippen LogP contribution in [0.4, 0.5) is 15.8 Å². The molecule has 1 heterocycles. The summed E-state index contributed by atoms with van der Waals surface area (Å²) in [5.74, 6) is -0.301. The Morgan fingerprint density at radius 2 is 1.89 bits per heavy atom. The van der Waals surface area contributed by atoms with Crippen molar-refractivity contribution in [3.8, 4) is 0 Å². The van der Waals surface area contributed by atoms with Crippen LogP contribution in [0.2, 0.25) is 0 Å². The predicted molar refractivity (Wildman–Crippen MR) is 79.1 cm³/mol. The Labute approximate surface area is 118 Å². The van der Waals surface area contributed by atoms with Crippen LogP contribution in [-0.2, 0) is 0 Å². The van der Waals surface area contributed by atoms with Crippen molar-refractivity contribution < 1.29 is 4.39 Å².